The molecule has 0 saturated carbocycles. The summed E-state index contributed by atoms with van der Waals surface area (Å²) in [5.74, 6) is 2.05. The Balaban J connectivity index is 1.43. The van der Waals surface area contributed by atoms with E-state index in [2.05, 4.69) is 22.3 Å². The molecule has 0 aromatic heterocycles. The molecule has 6 heteroatoms. The molecule has 2 atom stereocenters. The maximum absolute atomic E-state index is 12.9. The van der Waals surface area contributed by atoms with E-state index in [1.165, 1.54) is 18.4 Å². The molecule has 2 aromatic carbocycles. The minimum absolute atomic E-state index is 0.0180. The smallest absolute Gasteiger partial charge is 0.227 e. The summed E-state index contributed by atoms with van der Waals surface area (Å²) in [6.07, 6.45) is 2.41. The lowest BCUT2D eigenvalue weighted by atomic mass is 9.99. The summed E-state index contributed by atoms with van der Waals surface area (Å²) in [6, 6.07) is 14.1. The van der Waals surface area contributed by atoms with Crippen LogP contribution in [0, 0.1) is 0 Å². The lowest BCUT2D eigenvalue weighted by Crippen LogP contribution is -2.38. The number of nitrogens with zero attached hydrogens (tertiary/aromatic N) is 1. The van der Waals surface area contributed by atoms with Crippen LogP contribution in [0.2, 0.25) is 0 Å². The molecule has 2 aromatic rings. The molecule has 1 amide bonds. The van der Waals surface area contributed by atoms with Gasteiger partial charge in [-0.2, -0.15) is 0 Å². The molecule has 4 rings (SSSR count). The highest BCUT2D eigenvalue weighted by Crippen LogP contribution is 2.33. The van der Waals surface area contributed by atoms with E-state index in [9.17, 15) is 4.79 Å². The summed E-state index contributed by atoms with van der Waals surface area (Å²) in [4.78, 5) is 15.4. The van der Waals surface area contributed by atoms with Crippen LogP contribution in [0.25, 0.3) is 0 Å². The number of benzene rings is 2. The molecule has 1 N–H and O–H groups in total. The molecule has 2 heterocycles. The van der Waals surface area contributed by atoms with Crippen LogP contribution in [0.15, 0.2) is 42.5 Å². The Morgan fingerprint density at radius 1 is 1.03 bits per heavy atom. The number of rotatable bonds is 7. The van der Waals surface area contributed by atoms with Gasteiger partial charge in [0.15, 0.2) is 11.5 Å². The number of hydrogen-bond donors (Lipinski definition) is 1. The lowest BCUT2D eigenvalue weighted by molar-refractivity contribution is -0.122. The Labute approximate surface area is 178 Å². The van der Waals surface area contributed by atoms with Crippen molar-refractivity contribution < 1.29 is 19.0 Å². The number of likely N-dealkylation sites (tertiary alicyclic amines) is 1. The highest BCUT2D eigenvalue weighted by atomic mass is 16.6. The first-order valence-corrected chi connectivity index (χ1v) is 10.7. The van der Waals surface area contributed by atoms with Crippen molar-refractivity contribution in [1.29, 1.82) is 0 Å². The van der Waals surface area contributed by atoms with Crippen LogP contribution >= 0.6 is 0 Å². The summed E-state index contributed by atoms with van der Waals surface area (Å²) in [6.45, 7) is 5.73. The molecule has 1 fully saturated rings. The zero-order chi connectivity index (χ0) is 20.9. The van der Waals surface area contributed by atoms with E-state index in [1.54, 1.807) is 7.11 Å². The molecule has 0 aliphatic carbocycles. The van der Waals surface area contributed by atoms with Crippen molar-refractivity contribution in [1.82, 2.24) is 10.2 Å². The van der Waals surface area contributed by atoms with Crippen LogP contribution in [-0.2, 0) is 4.79 Å². The second-order valence-electron chi connectivity index (χ2n) is 7.90. The van der Waals surface area contributed by atoms with Crippen molar-refractivity contribution in [2.45, 2.75) is 31.7 Å². The van der Waals surface area contributed by atoms with Crippen LogP contribution in [0.4, 0.5) is 0 Å². The molecule has 0 radical (unpaired) electrons. The van der Waals surface area contributed by atoms with Crippen LogP contribution in [0.5, 0.6) is 17.2 Å². The first-order valence-electron chi connectivity index (χ1n) is 10.7. The monoisotopic (exact) mass is 410 g/mol. The fourth-order valence-electron chi connectivity index (χ4n) is 4.17. The van der Waals surface area contributed by atoms with E-state index in [1.807, 2.05) is 37.3 Å². The van der Waals surface area contributed by atoms with Gasteiger partial charge in [0.1, 0.15) is 19.0 Å². The number of carbonyl (C=O) groups is 1. The van der Waals surface area contributed by atoms with E-state index in [0.29, 0.717) is 25.5 Å². The number of nitrogens with one attached hydrogen (secondary N) is 1. The molecular formula is C24H30N2O4. The number of carbonyl (C=O) groups excluding carboxylic acids is 1. The van der Waals surface area contributed by atoms with Gasteiger partial charge in [0.05, 0.1) is 19.1 Å². The highest BCUT2D eigenvalue weighted by Gasteiger charge is 2.25. The van der Waals surface area contributed by atoms with Crippen molar-refractivity contribution in [2.24, 2.45) is 0 Å². The Morgan fingerprint density at radius 2 is 1.70 bits per heavy atom. The average Bonchev–Trinajstić information content (AvgIpc) is 3.33. The van der Waals surface area contributed by atoms with Gasteiger partial charge in [-0.1, -0.05) is 18.2 Å². The van der Waals surface area contributed by atoms with Gasteiger partial charge in [-0.25, -0.2) is 0 Å². The lowest BCUT2D eigenvalue weighted by Gasteiger charge is -2.29. The van der Waals surface area contributed by atoms with E-state index < -0.39 is 0 Å². The van der Waals surface area contributed by atoms with Crippen LogP contribution < -0.4 is 19.5 Å². The number of amides is 1. The van der Waals surface area contributed by atoms with Crippen molar-refractivity contribution in [2.75, 3.05) is 40.0 Å². The zero-order valence-corrected chi connectivity index (χ0v) is 17.7. The third-order valence-corrected chi connectivity index (χ3v) is 6.01. The Bertz CT molecular complexity index is 862. The molecular weight excluding hydrogens is 380 g/mol. The Kier molecular flexibility index (Phi) is 6.43. The average molecular weight is 411 g/mol. The van der Waals surface area contributed by atoms with Gasteiger partial charge in [-0.3, -0.25) is 9.69 Å². The van der Waals surface area contributed by atoms with Gasteiger partial charge in [0.25, 0.3) is 0 Å². The normalized spacial score (nSPS) is 17.9. The topological polar surface area (TPSA) is 60.0 Å². The largest absolute Gasteiger partial charge is 0.497 e. The van der Waals surface area contributed by atoms with Gasteiger partial charge in [-0.15, -0.1) is 0 Å². The maximum atomic E-state index is 12.9. The Hall–Kier alpha value is -2.73. The van der Waals surface area contributed by atoms with Gasteiger partial charge >= 0.3 is 0 Å². The van der Waals surface area contributed by atoms with Gasteiger partial charge in [0.2, 0.25) is 5.91 Å². The molecule has 30 heavy (non-hydrogen) atoms. The molecule has 0 bridgehead atoms. The quantitative estimate of drug-likeness (QED) is 0.757. The number of ether oxygens (including phenoxy) is 3. The fourth-order valence-corrected chi connectivity index (χ4v) is 4.17. The highest BCUT2D eigenvalue weighted by molar-refractivity contribution is 5.83. The third kappa shape index (κ3) is 4.54. The summed E-state index contributed by atoms with van der Waals surface area (Å²) in [5.41, 5.74) is 2.13. The van der Waals surface area contributed by atoms with Crippen molar-refractivity contribution in [3.05, 3.63) is 53.6 Å². The molecule has 2 aliphatic rings. The second kappa shape index (κ2) is 9.39. The SMILES string of the molecule is COc1ccc(C(CNC(=O)C(C)c2ccc3c(c2)OCCO3)N2CCCC2)cc1. The predicted octanol–water partition coefficient (Wildman–Crippen LogP) is 3.52. The standard InChI is InChI=1S/C24H30N2O4/c1-17(19-7-10-22-23(15-19)30-14-13-29-22)24(27)25-16-21(26-11-3-4-12-26)18-5-8-20(28-2)9-6-18/h5-10,15,17,21H,3-4,11-14,16H2,1-2H3,(H,25,27). The molecule has 2 unspecified atom stereocenters. The van der Waals surface area contributed by atoms with E-state index in [4.69, 9.17) is 14.2 Å². The predicted molar refractivity (Wildman–Crippen MR) is 115 cm³/mol. The van der Waals surface area contributed by atoms with E-state index in [-0.39, 0.29) is 17.9 Å². The van der Waals surface area contributed by atoms with Crippen molar-refractivity contribution in [3.8, 4) is 17.2 Å². The van der Waals surface area contributed by atoms with Gasteiger partial charge in [-0.05, 0) is 68.2 Å². The van der Waals surface area contributed by atoms with Crippen molar-refractivity contribution >= 4 is 5.91 Å². The minimum Gasteiger partial charge on any atom is -0.497 e. The molecule has 1 saturated heterocycles. The van der Waals surface area contributed by atoms with Crippen LogP contribution in [0.3, 0.4) is 0 Å². The number of methoxy groups -OCH3 is 1. The summed E-state index contributed by atoms with van der Waals surface area (Å²) in [5, 5.41) is 3.18. The van der Waals surface area contributed by atoms with Crippen LogP contribution in [-0.4, -0.2) is 50.8 Å². The molecule has 2 aliphatic heterocycles. The first-order chi connectivity index (χ1) is 14.7. The summed E-state index contributed by atoms with van der Waals surface area (Å²) >= 11 is 0. The minimum atomic E-state index is -0.268. The molecule has 0 spiro atoms. The molecule has 160 valence electrons. The number of fused-ring (bicyclic) bond motifs is 1. The summed E-state index contributed by atoms with van der Waals surface area (Å²) < 4.78 is 16.5. The summed E-state index contributed by atoms with van der Waals surface area (Å²) in [7, 11) is 1.67. The third-order valence-electron chi connectivity index (χ3n) is 6.01. The fraction of sp³-hybridized carbons (Fsp3) is 0.458. The number of hydrogen-bond acceptors (Lipinski definition) is 5. The van der Waals surface area contributed by atoms with Gasteiger partial charge in [0, 0.05) is 6.54 Å². The zero-order valence-electron chi connectivity index (χ0n) is 17.7. The van der Waals surface area contributed by atoms with Crippen LogP contribution in [0.1, 0.15) is 42.9 Å². The van der Waals surface area contributed by atoms with E-state index >= 15 is 0 Å². The first kappa shape index (κ1) is 20.5. The Morgan fingerprint density at radius 3 is 2.40 bits per heavy atom. The van der Waals surface area contributed by atoms with Gasteiger partial charge < -0.3 is 19.5 Å². The maximum Gasteiger partial charge on any atom is 0.227 e. The second-order valence-corrected chi connectivity index (χ2v) is 7.90. The van der Waals surface area contributed by atoms with Crippen molar-refractivity contribution in [3.63, 3.8) is 0 Å². The molecule has 6 nitrogen and oxygen atoms in total. The van der Waals surface area contributed by atoms with E-state index in [0.717, 1.165) is 30.2 Å².